The van der Waals surface area contributed by atoms with Crippen LogP contribution in [0.15, 0.2) is 60.4 Å². The highest BCUT2D eigenvalue weighted by Crippen LogP contribution is 2.38. The summed E-state index contributed by atoms with van der Waals surface area (Å²) in [4.78, 5) is 11.4. The van der Waals surface area contributed by atoms with Gasteiger partial charge in [0.25, 0.3) is 0 Å². The summed E-state index contributed by atoms with van der Waals surface area (Å²) in [6, 6.07) is 15.5. The Kier molecular flexibility index (Phi) is 9.91. The highest BCUT2D eigenvalue weighted by atomic mass is 19.1. The Balaban J connectivity index is 1.78. The second-order valence-corrected chi connectivity index (χ2v) is 11.5. The SMILES string of the molecule is C/C(F)=C\CC[C@H](Nc1ccc(C(N)=O)cc1)C(O)CNC1(c2cccc(C(C)(C)C)c2)CCCCC1. The average Bonchev–Trinajstić information content (AvgIpc) is 2.87. The largest absolute Gasteiger partial charge is 0.390 e. The van der Waals surface area contributed by atoms with E-state index in [0.717, 1.165) is 31.4 Å². The molecular formula is C31H44FN3O2. The summed E-state index contributed by atoms with van der Waals surface area (Å²) >= 11 is 0. The van der Waals surface area contributed by atoms with Gasteiger partial charge in [0.2, 0.25) is 5.91 Å². The molecule has 1 unspecified atom stereocenters. The highest BCUT2D eigenvalue weighted by molar-refractivity contribution is 5.93. The number of benzene rings is 2. The van der Waals surface area contributed by atoms with Gasteiger partial charge < -0.3 is 21.5 Å². The lowest BCUT2D eigenvalue weighted by molar-refractivity contribution is 0.1000. The number of hydrogen-bond donors (Lipinski definition) is 4. The van der Waals surface area contributed by atoms with E-state index in [4.69, 9.17) is 5.73 Å². The maximum atomic E-state index is 13.4. The van der Waals surface area contributed by atoms with Crippen molar-refractivity contribution in [3.63, 3.8) is 0 Å². The monoisotopic (exact) mass is 509 g/mol. The van der Waals surface area contributed by atoms with E-state index in [-0.39, 0.29) is 22.8 Å². The van der Waals surface area contributed by atoms with Crippen molar-refractivity contribution in [1.29, 1.82) is 0 Å². The predicted octanol–water partition coefficient (Wildman–Crippen LogP) is 6.33. The number of anilines is 1. The molecule has 0 spiro atoms. The van der Waals surface area contributed by atoms with Crippen molar-refractivity contribution in [3.05, 3.63) is 77.1 Å². The summed E-state index contributed by atoms with van der Waals surface area (Å²) in [6.45, 7) is 8.54. The Hall–Kier alpha value is -2.70. The molecule has 1 aliphatic rings. The molecule has 2 aromatic rings. The first-order chi connectivity index (χ1) is 17.5. The summed E-state index contributed by atoms with van der Waals surface area (Å²) in [6.07, 6.45) is 7.51. The molecule has 0 bridgehead atoms. The Labute approximate surface area is 221 Å². The van der Waals surface area contributed by atoms with Gasteiger partial charge in [0.05, 0.1) is 18.0 Å². The van der Waals surface area contributed by atoms with Gasteiger partial charge in [-0.1, -0.05) is 70.4 Å². The van der Waals surface area contributed by atoms with Gasteiger partial charge in [-0.05, 0) is 73.4 Å². The molecule has 2 atom stereocenters. The lowest BCUT2D eigenvalue weighted by Gasteiger charge is -2.41. The number of nitrogens with two attached hydrogens (primary N) is 1. The number of amides is 1. The molecule has 0 aliphatic heterocycles. The Morgan fingerprint density at radius 2 is 1.81 bits per heavy atom. The Bertz CT molecular complexity index is 1050. The molecule has 202 valence electrons. The van der Waals surface area contributed by atoms with Crippen LogP contribution in [0.3, 0.4) is 0 Å². The standard InChI is InChI=1S/C31H44FN3O2/c1-22(32)10-8-13-27(35-26-16-14-23(15-17-26)29(33)37)28(36)21-34-31(18-6-5-7-19-31)25-12-9-11-24(20-25)30(2,3)4/h9-12,14-17,20,27-28,34-36H,5-8,13,18-19,21H2,1-4H3,(H2,33,37)/b22-10+/t27-,28?/m0/s1. The van der Waals surface area contributed by atoms with E-state index in [9.17, 15) is 14.3 Å². The topological polar surface area (TPSA) is 87.4 Å². The molecule has 1 saturated carbocycles. The second-order valence-electron chi connectivity index (χ2n) is 11.5. The van der Waals surface area contributed by atoms with Crippen LogP contribution in [-0.2, 0) is 11.0 Å². The van der Waals surface area contributed by atoms with Crippen LogP contribution in [0.5, 0.6) is 0 Å². The van der Waals surface area contributed by atoms with Gasteiger partial charge in [-0.25, -0.2) is 4.39 Å². The lowest BCUT2D eigenvalue weighted by Crippen LogP contribution is -2.50. The average molecular weight is 510 g/mol. The number of allylic oxidation sites excluding steroid dienone is 2. The molecule has 0 saturated heterocycles. The van der Waals surface area contributed by atoms with Gasteiger partial charge in [0, 0.05) is 23.3 Å². The lowest BCUT2D eigenvalue weighted by atomic mass is 9.74. The minimum absolute atomic E-state index is 0.0620. The van der Waals surface area contributed by atoms with E-state index in [0.29, 0.717) is 24.9 Å². The molecule has 5 N–H and O–H groups in total. The maximum Gasteiger partial charge on any atom is 0.248 e. The molecule has 0 radical (unpaired) electrons. The molecular weight excluding hydrogens is 465 g/mol. The molecule has 1 aliphatic carbocycles. The molecule has 5 nitrogen and oxygen atoms in total. The van der Waals surface area contributed by atoms with Crippen LogP contribution in [-0.4, -0.2) is 29.7 Å². The van der Waals surface area contributed by atoms with Crippen molar-refractivity contribution < 1.29 is 14.3 Å². The number of aliphatic hydroxyl groups is 1. The number of rotatable bonds is 11. The van der Waals surface area contributed by atoms with Gasteiger partial charge >= 0.3 is 0 Å². The molecule has 6 heteroatoms. The fourth-order valence-corrected chi connectivity index (χ4v) is 5.22. The second kappa shape index (κ2) is 12.7. The Morgan fingerprint density at radius 3 is 2.41 bits per heavy atom. The maximum absolute atomic E-state index is 13.4. The van der Waals surface area contributed by atoms with Gasteiger partial charge in [-0.2, -0.15) is 0 Å². The zero-order chi connectivity index (χ0) is 27.1. The number of carbonyl (C=O) groups excluding carboxylic acids is 1. The smallest absolute Gasteiger partial charge is 0.248 e. The van der Waals surface area contributed by atoms with Crippen molar-refractivity contribution in [1.82, 2.24) is 5.32 Å². The third-order valence-corrected chi connectivity index (χ3v) is 7.53. The molecule has 0 heterocycles. The zero-order valence-electron chi connectivity index (χ0n) is 22.8. The first-order valence-corrected chi connectivity index (χ1v) is 13.5. The minimum Gasteiger partial charge on any atom is -0.390 e. The summed E-state index contributed by atoms with van der Waals surface area (Å²) in [5.74, 6) is -0.707. The van der Waals surface area contributed by atoms with Gasteiger partial charge in [0.15, 0.2) is 0 Å². The third-order valence-electron chi connectivity index (χ3n) is 7.53. The van der Waals surface area contributed by atoms with Crippen molar-refractivity contribution in [3.8, 4) is 0 Å². The van der Waals surface area contributed by atoms with Crippen molar-refractivity contribution in [2.24, 2.45) is 5.73 Å². The number of aliphatic hydroxyl groups excluding tert-OH is 1. The fourth-order valence-electron chi connectivity index (χ4n) is 5.22. The van der Waals surface area contributed by atoms with Crippen LogP contribution in [0.2, 0.25) is 0 Å². The number of halogens is 1. The number of hydrogen-bond acceptors (Lipinski definition) is 4. The molecule has 37 heavy (non-hydrogen) atoms. The van der Waals surface area contributed by atoms with E-state index in [1.807, 2.05) is 0 Å². The van der Waals surface area contributed by atoms with Gasteiger partial charge in [0.1, 0.15) is 0 Å². The normalized spacial score (nSPS) is 17.7. The first-order valence-electron chi connectivity index (χ1n) is 13.5. The predicted molar refractivity (Wildman–Crippen MR) is 150 cm³/mol. The number of carbonyl (C=O) groups is 1. The summed E-state index contributed by atoms with van der Waals surface area (Å²) < 4.78 is 13.4. The first kappa shape index (κ1) is 28.9. The molecule has 3 rings (SSSR count). The fraction of sp³-hybridized carbons (Fsp3) is 0.516. The van der Waals surface area contributed by atoms with E-state index >= 15 is 0 Å². The van der Waals surface area contributed by atoms with E-state index in [1.165, 1.54) is 24.5 Å². The molecule has 0 aromatic heterocycles. The minimum atomic E-state index is -0.700. The molecule has 1 amide bonds. The quantitative estimate of drug-likeness (QED) is 0.285. The molecule has 1 fully saturated rings. The van der Waals surface area contributed by atoms with Gasteiger partial charge in [-0.15, -0.1) is 0 Å². The van der Waals surface area contributed by atoms with E-state index in [1.54, 1.807) is 30.3 Å². The van der Waals surface area contributed by atoms with Crippen molar-refractivity contribution >= 4 is 11.6 Å². The summed E-state index contributed by atoms with van der Waals surface area (Å²) in [5, 5.41) is 18.5. The zero-order valence-corrected chi connectivity index (χ0v) is 22.8. The van der Waals surface area contributed by atoms with Crippen LogP contribution in [0, 0.1) is 0 Å². The number of primary amides is 1. The highest BCUT2D eigenvalue weighted by Gasteiger charge is 2.35. The molecule has 2 aromatic carbocycles. The number of nitrogens with one attached hydrogen (secondary N) is 2. The Morgan fingerprint density at radius 1 is 1.14 bits per heavy atom. The van der Waals surface area contributed by atoms with Crippen LogP contribution < -0.4 is 16.4 Å². The van der Waals surface area contributed by atoms with E-state index in [2.05, 4.69) is 55.7 Å². The van der Waals surface area contributed by atoms with Gasteiger partial charge in [-0.3, -0.25) is 4.79 Å². The van der Waals surface area contributed by atoms with Crippen molar-refractivity contribution in [2.45, 2.75) is 95.7 Å². The van der Waals surface area contributed by atoms with Crippen LogP contribution >= 0.6 is 0 Å². The van der Waals surface area contributed by atoms with Crippen LogP contribution in [0.25, 0.3) is 0 Å². The summed E-state index contributed by atoms with van der Waals surface area (Å²) in [5.41, 5.74) is 9.05. The van der Waals surface area contributed by atoms with Crippen LogP contribution in [0.4, 0.5) is 10.1 Å². The van der Waals surface area contributed by atoms with Crippen LogP contribution in [0.1, 0.15) is 94.1 Å². The van der Waals surface area contributed by atoms with E-state index < -0.39 is 12.0 Å². The van der Waals surface area contributed by atoms with Crippen molar-refractivity contribution in [2.75, 3.05) is 11.9 Å². The summed E-state index contributed by atoms with van der Waals surface area (Å²) in [7, 11) is 0. The third kappa shape index (κ3) is 8.14.